The van der Waals surface area contributed by atoms with Gasteiger partial charge in [0.05, 0.1) is 11.0 Å². The Labute approximate surface area is 297 Å². The molecule has 48 heavy (non-hydrogen) atoms. The largest absolute Gasteiger partial charge is 0.374 e. The predicted molar refractivity (Wildman–Crippen MR) is 214 cm³/mol. The first-order valence-electron chi connectivity index (χ1n) is 21.4. The highest BCUT2D eigenvalue weighted by Crippen LogP contribution is 2.33. The zero-order valence-electron chi connectivity index (χ0n) is 32.1. The van der Waals surface area contributed by atoms with Gasteiger partial charge in [-0.1, -0.05) is 205 Å². The summed E-state index contributed by atoms with van der Waals surface area (Å²) in [6.07, 6.45) is 41.0. The number of aliphatic hydroxyl groups excluding tert-OH is 1. The standard InChI is InChI=1S/C46H77NO/c1-4-6-8-10-12-14-16-18-20-22-24-26-28-30-32-41-34-36-43-44-37-35-42(39-46(44)47(40(3)48)45(43)38-41)33-31-29-27-25-23-21-19-17-15-13-11-9-7-5-2/h34-40,48H,4-33H2,1-3H3. The Morgan fingerprint density at radius 1 is 0.417 bits per heavy atom. The zero-order chi connectivity index (χ0) is 34.1. The van der Waals surface area contributed by atoms with Gasteiger partial charge in [0, 0.05) is 10.8 Å². The zero-order valence-corrected chi connectivity index (χ0v) is 32.1. The van der Waals surface area contributed by atoms with E-state index in [0.717, 1.165) is 12.8 Å². The van der Waals surface area contributed by atoms with E-state index in [1.807, 2.05) is 6.92 Å². The van der Waals surface area contributed by atoms with Crippen LogP contribution in [-0.2, 0) is 12.8 Å². The third-order valence-corrected chi connectivity index (χ3v) is 10.9. The average molecular weight is 660 g/mol. The van der Waals surface area contributed by atoms with Crippen LogP contribution in [0.15, 0.2) is 36.4 Å². The molecule has 0 saturated carbocycles. The molecule has 1 heterocycles. The van der Waals surface area contributed by atoms with Gasteiger partial charge in [0.15, 0.2) is 0 Å². The van der Waals surface area contributed by atoms with Crippen molar-refractivity contribution in [3.05, 3.63) is 47.5 Å². The first kappa shape index (κ1) is 40.6. The molecule has 0 fully saturated rings. The Hall–Kier alpha value is -1.80. The molecule has 0 bridgehead atoms. The molecular weight excluding hydrogens is 583 g/mol. The fourth-order valence-corrected chi connectivity index (χ4v) is 7.90. The molecule has 1 atom stereocenters. The summed E-state index contributed by atoms with van der Waals surface area (Å²) in [6.45, 7) is 6.51. The molecule has 0 radical (unpaired) electrons. The van der Waals surface area contributed by atoms with Gasteiger partial charge in [-0.25, -0.2) is 0 Å². The summed E-state index contributed by atoms with van der Waals surface area (Å²) in [5.74, 6) is 0. The number of aromatic nitrogens is 1. The lowest BCUT2D eigenvalue weighted by molar-refractivity contribution is 0.134. The van der Waals surface area contributed by atoms with Crippen molar-refractivity contribution in [3.63, 3.8) is 0 Å². The summed E-state index contributed by atoms with van der Waals surface area (Å²) in [5, 5.41) is 13.4. The molecule has 3 aromatic rings. The number of nitrogens with zero attached hydrogens (tertiary/aromatic N) is 1. The maximum absolute atomic E-state index is 10.9. The maximum atomic E-state index is 10.9. The van der Waals surface area contributed by atoms with E-state index in [1.165, 1.54) is 213 Å². The van der Waals surface area contributed by atoms with Gasteiger partial charge in [0.2, 0.25) is 0 Å². The summed E-state index contributed by atoms with van der Waals surface area (Å²) >= 11 is 0. The minimum Gasteiger partial charge on any atom is -0.374 e. The third-order valence-electron chi connectivity index (χ3n) is 10.9. The highest BCUT2D eigenvalue weighted by molar-refractivity contribution is 6.08. The summed E-state index contributed by atoms with van der Waals surface area (Å²) in [4.78, 5) is 0. The van der Waals surface area contributed by atoms with Crippen molar-refractivity contribution in [2.45, 2.75) is 220 Å². The van der Waals surface area contributed by atoms with Crippen LogP contribution in [0.4, 0.5) is 0 Å². The van der Waals surface area contributed by atoms with Crippen LogP contribution in [0.5, 0.6) is 0 Å². The van der Waals surface area contributed by atoms with E-state index in [9.17, 15) is 5.11 Å². The van der Waals surface area contributed by atoms with Gasteiger partial charge in [-0.05, 0) is 55.9 Å². The van der Waals surface area contributed by atoms with E-state index in [4.69, 9.17) is 0 Å². The second kappa shape index (κ2) is 26.1. The molecule has 1 unspecified atom stereocenters. The molecule has 0 aliphatic rings. The second-order valence-electron chi connectivity index (χ2n) is 15.4. The number of unbranched alkanes of at least 4 members (excludes halogenated alkanes) is 26. The SMILES string of the molecule is CCCCCCCCCCCCCCCCc1ccc2c3ccc(CCCCCCCCCCCCCCCC)cc3n(C(C)O)c2c1. The van der Waals surface area contributed by atoms with E-state index >= 15 is 0 Å². The molecular formula is C46H77NO. The molecule has 2 aromatic carbocycles. The van der Waals surface area contributed by atoms with E-state index < -0.39 is 6.23 Å². The van der Waals surface area contributed by atoms with Gasteiger partial charge in [-0.2, -0.15) is 0 Å². The van der Waals surface area contributed by atoms with Crippen LogP contribution in [0.3, 0.4) is 0 Å². The van der Waals surface area contributed by atoms with E-state index in [-0.39, 0.29) is 0 Å². The first-order valence-corrected chi connectivity index (χ1v) is 21.4. The Balaban J connectivity index is 1.33. The van der Waals surface area contributed by atoms with Gasteiger partial charge in [0.25, 0.3) is 0 Å². The maximum Gasteiger partial charge on any atom is 0.128 e. The number of fused-ring (bicyclic) bond motifs is 3. The monoisotopic (exact) mass is 660 g/mol. The molecule has 0 aliphatic heterocycles. The van der Waals surface area contributed by atoms with Gasteiger partial charge < -0.3 is 9.67 Å². The van der Waals surface area contributed by atoms with Crippen LogP contribution >= 0.6 is 0 Å². The minimum atomic E-state index is -0.530. The van der Waals surface area contributed by atoms with Crippen molar-refractivity contribution in [3.8, 4) is 0 Å². The Bertz CT molecular complexity index is 1120. The van der Waals surface area contributed by atoms with Gasteiger partial charge in [-0.15, -0.1) is 0 Å². The molecule has 3 rings (SSSR count). The lowest BCUT2D eigenvalue weighted by Gasteiger charge is -2.12. The van der Waals surface area contributed by atoms with Crippen LogP contribution < -0.4 is 0 Å². The first-order chi connectivity index (χ1) is 23.7. The fraction of sp³-hybridized carbons (Fsp3) is 0.739. The molecule has 0 spiro atoms. The summed E-state index contributed by atoms with van der Waals surface area (Å²) in [7, 11) is 0. The van der Waals surface area contributed by atoms with E-state index in [0.29, 0.717) is 0 Å². The summed E-state index contributed by atoms with van der Waals surface area (Å²) in [6, 6.07) is 14.0. The third kappa shape index (κ3) is 15.8. The van der Waals surface area contributed by atoms with Crippen molar-refractivity contribution in [2.24, 2.45) is 0 Å². The normalized spacial score (nSPS) is 12.5. The van der Waals surface area contributed by atoms with Crippen LogP contribution in [-0.4, -0.2) is 9.67 Å². The molecule has 0 aliphatic carbocycles. The number of benzene rings is 2. The molecule has 2 nitrogen and oxygen atoms in total. The van der Waals surface area contributed by atoms with Crippen molar-refractivity contribution >= 4 is 21.8 Å². The quantitative estimate of drug-likeness (QED) is 0.0683. The lowest BCUT2D eigenvalue weighted by atomic mass is 10.0. The van der Waals surface area contributed by atoms with Crippen molar-refractivity contribution < 1.29 is 5.11 Å². The summed E-state index contributed by atoms with van der Waals surface area (Å²) < 4.78 is 2.17. The molecule has 0 saturated heterocycles. The summed E-state index contributed by atoms with van der Waals surface area (Å²) in [5.41, 5.74) is 5.20. The topological polar surface area (TPSA) is 25.2 Å². The molecule has 272 valence electrons. The highest BCUT2D eigenvalue weighted by Gasteiger charge is 2.15. The average Bonchev–Trinajstić information content (AvgIpc) is 3.41. The second-order valence-corrected chi connectivity index (χ2v) is 15.4. The minimum absolute atomic E-state index is 0.530. The van der Waals surface area contributed by atoms with Crippen LogP contribution in [0.25, 0.3) is 21.8 Å². The van der Waals surface area contributed by atoms with Gasteiger partial charge in [0.1, 0.15) is 6.23 Å². The Morgan fingerprint density at radius 3 is 0.958 bits per heavy atom. The number of hydrogen-bond donors (Lipinski definition) is 1. The van der Waals surface area contributed by atoms with Crippen LogP contribution in [0.2, 0.25) is 0 Å². The number of hydrogen-bond acceptors (Lipinski definition) is 1. The van der Waals surface area contributed by atoms with Gasteiger partial charge in [-0.3, -0.25) is 0 Å². The van der Waals surface area contributed by atoms with Crippen LogP contribution in [0.1, 0.15) is 218 Å². The molecule has 1 aromatic heterocycles. The van der Waals surface area contributed by atoms with Gasteiger partial charge >= 0.3 is 0 Å². The Morgan fingerprint density at radius 2 is 0.688 bits per heavy atom. The predicted octanol–water partition coefficient (Wildman–Crippen LogP) is 15.4. The van der Waals surface area contributed by atoms with Crippen molar-refractivity contribution in [1.29, 1.82) is 0 Å². The molecule has 0 amide bonds. The smallest absolute Gasteiger partial charge is 0.128 e. The fourth-order valence-electron chi connectivity index (χ4n) is 7.90. The number of aryl methyl sites for hydroxylation is 2. The number of aliphatic hydroxyl groups is 1. The van der Waals surface area contributed by atoms with E-state index in [1.54, 1.807) is 0 Å². The number of rotatable bonds is 31. The molecule has 1 N–H and O–H groups in total. The highest BCUT2D eigenvalue weighted by atomic mass is 16.3. The van der Waals surface area contributed by atoms with E-state index in [2.05, 4.69) is 54.8 Å². The van der Waals surface area contributed by atoms with Crippen LogP contribution in [0, 0.1) is 0 Å². The van der Waals surface area contributed by atoms with Crippen molar-refractivity contribution in [2.75, 3.05) is 0 Å². The van der Waals surface area contributed by atoms with Crippen molar-refractivity contribution in [1.82, 2.24) is 4.57 Å². The Kier molecular flexibility index (Phi) is 22.1. The lowest BCUT2D eigenvalue weighted by Crippen LogP contribution is -2.03. The molecule has 2 heteroatoms.